The Morgan fingerprint density at radius 3 is 1.73 bits per heavy atom. The molecule has 0 N–H and O–H groups in total. The summed E-state index contributed by atoms with van der Waals surface area (Å²) in [6.45, 7) is 0. The molecule has 1 saturated carbocycles. The molecule has 2 aromatic carbocycles. The fourth-order valence-corrected chi connectivity index (χ4v) is 8.05. The first-order valence-electron chi connectivity index (χ1n) is 10.0. The Morgan fingerprint density at radius 2 is 1.23 bits per heavy atom. The molecule has 1 saturated heterocycles. The zero-order valence-corrected chi connectivity index (χ0v) is 16.2. The van der Waals surface area contributed by atoms with E-state index in [1.807, 2.05) is 12.1 Å². The van der Waals surface area contributed by atoms with Crippen molar-refractivity contribution < 1.29 is 4.57 Å². The highest BCUT2D eigenvalue weighted by atomic mass is 31.2. The van der Waals surface area contributed by atoms with Crippen LogP contribution in [0.3, 0.4) is 0 Å². The smallest absolute Gasteiger partial charge is 0.204 e. The van der Waals surface area contributed by atoms with E-state index < -0.39 is 7.29 Å². The lowest BCUT2D eigenvalue weighted by molar-refractivity contribution is 0.445. The van der Waals surface area contributed by atoms with Crippen molar-refractivity contribution in [2.24, 2.45) is 10.7 Å². The second-order valence-corrected chi connectivity index (χ2v) is 10.6. The van der Waals surface area contributed by atoms with Crippen molar-refractivity contribution in [2.45, 2.75) is 56.3 Å². The molecule has 1 aliphatic carbocycles. The Balaban J connectivity index is 1.69. The third kappa shape index (κ3) is 3.58. The summed E-state index contributed by atoms with van der Waals surface area (Å²) in [4.78, 5) is 0. The van der Waals surface area contributed by atoms with Gasteiger partial charge in [0, 0.05) is 6.21 Å². The average molecular weight is 365 g/mol. The van der Waals surface area contributed by atoms with Crippen LogP contribution in [0.2, 0.25) is 0 Å². The van der Waals surface area contributed by atoms with Gasteiger partial charge in [0.25, 0.3) is 0 Å². The van der Waals surface area contributed by atoms with Crippen LogP contribution >= 0.6 is 7.29 Å². The third-order valence-electron chi connectivity index (χ3n) is 6.08. The maximum absolute atomic E-state index is 14.3. The molecule has 4 rings (SSSR count). The second-order valence-electron chi connectivity index (χ2n) is 7.77. The highest BCUT2D eigenvalue weighted by Gasteiger charge is 2.47. The van der Waals surface area contributed by atoms with E-state index >= 15 is 0 Å². The lowest BCUT2D eigenvalue weighted by atomic mass is 9.90. The lowest BCUT2D eigenvalue weighted by Crippen LogP contribution is -2.08. The summed E-state index contributed by atoms with van der Waals surface area (Å²) in [5.41, 5.74) is 2.51. The first-order valence-corrected chi connectivity index (χ1v) is 11.8. The largest absolute Gasteiger partial charge is 0.297 e. The molecule has 0 amide bonds. The average Bonchev–Trinajstić information content (AvgIpc) is 3.06. The van der Waals surface area contributed by atoms with Crippen molar-refractivity contribution in [1.29, 1.82) is 0 Å². The fourth-order valence-electron chi connectivity index (χ4n) is 4.66. The standard InChI is InChI=1S/C23H28NOP/c25-26(24-18-19-10-4-1-5-11-19)22(20-12-6-2-7-13-20)16-17-23(26)21-14-8-3-9-15-21/h2-3,6-9,12-15,18-19,22-23H,1,4-5,10-11,16-17H2/b24-18-/t22-,23-/m0/s1. The molecule has 1 heterocycles. The number of benzene rings is 2. The molecule has 136 valence electrons. The Morgan fingerprint density at radius 1 is 0.731 bits per heavy atom. The van der Waals surface area contributed by atoms with Crippen LogP contribution in [0.15, 0.2) is 65.4 Å². The molecular formula is C23H28NOP. The SMILES string of the molecule is O=P1(/N=C\C2CCCCC2)[C@H](c2ccccc2)CC[C@H]1c1ccccc1. The van der Waals surface area contributed by atoms with Gasteiger partial charge in [-0.3, -0.25) is 4.57 Å². The van der Waals surface area contributed by atoms with Gasteiger partial charge in [0.2, 0.25) is 7.29 Å². The van der Waals surface area contributed by atoms with E-state index in [0.29, 0.717) is 5.92 Å². The summed E-state index contributed by atoms with van der Waals surface area (Å²) in [5.74, 6) is 0.517. The summed E-state index contributed by atoms with van der Waals surface area (Å²) in [7, 11) is -2.73. The maximum Gasteiger partial charge on any atom is 0.204 e. The van der Waals surface area contributed by atoms with Gasteiger partial charge in [-0.2, -0.15) is 0 Å². The van der Waals surface area contributed by atoms with Gasteiger partial charge in [0.05, 0.1) is 11.3 Å². The van der Waals surface area contributed by atoms with Crippen LogP contribution in [-0.2, 0) is 4.57 Å². The van der Waals surface area contributed by atoms with Gasteiger partial charge in [-0.15, -0.1) is 0 Å². The highest BCUT2D eigenvalue weighted by molar-refractivity contribution is 7.63. The van der Waals surface area contributed by atoms with E-state index in [2.05, 4.69) is 54.7 Å². The molecule has 0 bridgehead atoms. The van der Waals surface area contributed by atoms with E-state index in [1.165, 1.54) is 43.2 Å². The minimum atomic E-state index is -2.73. The predicted molar refractivity (Wildman–Crippen MR) is 110 cm³/mol. The molecule has 26 heavy (non-hydrogen) atoms. The number of hydrogen-bond acceptors (Lipinski definition) is 1. The van der Waals surface area contributed by atoms with Gasteiger partial charge in [-0.25, -0.2) is 4.76 Å². The Kier molecular flexibility index (Phi) is 5.41. The van der Waals surface area contributed by atoms with Gasteiger partial charge in [0.15, 0.2) is 0 Å². The molecule has 2 aromatic rings. The van der Waals surface area contributed by atoms with Crippen LogP contribution in [0.4, 0.5) is 0 Å². The van der Waals surface area contributed by atoms with E-state index in [-0.39, 0.29) is 11.3 Å². The first-order chi connectivity index (χ1) is 12.8. The van der Waals surface area contributed by atoms with Gasteiger partial charge in [-0.1, -0.05) is 79.9 Å². The van der Waals surface area contributed by atoms with E-state index in [0.717, 1.165) is 12.8 Å². The van der Waals surface area contributed by atoms with Gasteiger partial charge < -0.3 is 0 Å². The second kappa shape index (κ2) is 7.92. The van der Waals surface area contributed by atoms with E-state index in [9.17, 15) is 4.57 Å². The van der Waals surface area contributed by atoms with Crippen LogP contribution in [0.1, 0.15) is 67.4 Å². The lowest BCUT2D eigenvalue weighted by Gasteiger charge is -2.24. The van der Waals surface area contributed by atoms with Crippen LogP contribution in [0.25, 0.3) is 0 Å². The summed E-state index contributed by atoms with van der Waals surface area (Å²) >= 11 is 0. The van der Waals surface area contributed by atoms with Crippen molar-refractivity contribution in [2.75, 3.05) is 0 Å². The molecule has 0 spiro atoms. The summed E-state index contributed by atoms with van der Waals surface area (Å²) in [5, 5.41) is 0. The Bertz CT molecular complexity index is 729. The molecule has 0 radical (unpaired) electrons. The van der Waals surface area contributed by atoms with Gasteiger partial charge in [-0.05, 0) is 42.7 Å². The molecule has 2 fully saturated rings. The molecule has 2 nitrogen and oxygen atoms in total. The Labute approximate surface area is 157 Å². The summed E-state index contributed by atoms with van der Waals surface area (Å²) < 4.78 is 19.2. The Hall–Kier alpha value is -1.66. The van der Waals surface area contributed by atoms with Crippen molar-refractivity contribution >= 4 is 13.5 Å². The molecule has 0 unspecified atom stereocenters. The summed E-state index contributed by atoms with van der Waals surface area (Å²) in [6.07, 6.45) is 10.3. The fraction of sp³-hybridized carbons (Fsp3) is 0.435. The van der Waals surface area contributed by atoms with E-state index in [1.54, 1.807) is 0 Å². The predicted octanol–water partition coefficient (Wildman–Crippen LogP) is 7.19. The normalized spacial score (nSPS) is 26.3. The molecule has 2 aliphatic rings. The topological polar surface area (TPSA) is 29.4 Å². The minimum Gasteiger partial charge on any atom is -0.297 e. The van der Waals surface area contributed by atoms with Gasteiger partial charge in [0.1, 0.15) is 0 Å². The number of nitrogens with zero attached hydrogens (tertiary/aromatic N) is 1. The molecular weight excluding hydrogens is 337 g/mol. The molecule has 1 aliphatic heterocycles. The zero-order valence-electron chi connectivity index (χ0n) is 15.3. The molecule has 0 aromatic heterocycles. The maximum atomic E-state index is 14.3. The van der Waals surface area contributed by atoms with Crippen LogP contribution < -0.4 is 0 Å². The van der Waals surface area contributed by atoms with Crippen molar-refractivity contribution in [3.8, 4) is 0 Å². The molecule has 2 atom stereocenters. The number of hydrogen-bond donors (Lipinski definition) is 0. The van der Waals surface area contributed by atoms with Crippen LogP contribution in [-0.4, -0.2) is 6.21 Å². The molecule has 3 heteroatoms. The summed E-state index contributed by atoms with van der Waals surface area (Å²) in [6, 6.07) is 20.8. The van der Waals surface area contributed by atoms with Crippen LogP contribution in [0.5, 0.6) is 0 Å². The third-order valence-corrected chi connectivity index (χ3v) is 9.48. The van der Waals surface area contributed by atoms with Gasteiger partial charge >= 0.3 is 0 Å². The monoisotopic (exact) mass is 365 g/mol. The quantitative estimate of drug-likeness (QED) is 0.416. The highest BCUT2D eigenvalue weighted by Crippen LogP contribution is 2.77. The van der Waals surface area contributed by atoms with Crippen LogP contribution in [0, 0.1) is 5.92 Å². The first kappa shape index (κ1) is 17.7. The minimum absolute atomic E-state index is 0.0637. The number of rotatable bonds is 4. The zero-order chi connectivity index (χ0) is 17.8. The van der Waals surface area contributed by atoms with Crippen molar-refractivity contribution in [3.05, 3.63) is 71.8 Å². The van der Waals surface area contributed by atoms with Crippen molar-refractivity contribution in [1.82, 2.24) is 0 Å². The van der Waals surface area contributed by atoms with Crippen molar-refractivity contribution in [3.63, 3.8) is 0 Å². The van der Waals surface area contributed by atoms with E-state index in [4.69, 9.17) is 4.76 Å².